The summed E-state index contributed by atoms with van der Waals surface area (Å²) in [4.78, 5) is 28.8. The third kappa shape index (κ3) is 8.35. The molecule has 1 aliphatic carbocycles. The SMILES string of the molecule is CCCCOc1cc2c(c(OCCO)c1OCCCC)C(=O)c1cc(OCCCC)c(OCCCC)c(OCCO)c1C2=O. The molecule has 2 aromatic carbocycles. The van der Waals surface area contributed by atoms with Gasteiger partial charge < -0.3 is 38.6 Å². The molecule has 244 valence electrons. The fourth-order valence-electron chi connectivity index (χ4n) is 4.66. The predicted molar refractivity (Wildman–Crippen MR) is 167 cm³/mol. The standard InChI is InChI=1S/C34H48O10/c1-5-9-15-39-25-21-23-27(33(43-19-13-35)31(25)41-17-11-7-3)30(38)24-22-26(40-16-10-6-2)32(42-18-12-8-4)34(44-20-14-36)28(24)29(23)37/h21-22,35-36H,5-20H2,1-4H3. The normalized spacial score (nSPS) is 12.0. The number of rotatable bonds is 22. The minimum atomic E-state index is -0.489. The van der Waals surface area contributed by atoms with E-state index in [1.807, 2.05) is 27.7 Å². The number of fused-ring (bicyclic) bond motifs is 2. The Morgan fingerprint density at radius 1 is 0.477 bits per heavy atom. The van der Waals surface area contributed by atoms with Crippen molar-refractivity contribution in [2.45, 2.75) is 79.1 Å². The van der Waals surface area contributed by atoms with Crippen LogP contribution in [0.1, 0.15) is 111 Å². The molecule has 0 saturated carbocycles. The van der Waals surface area contributed by atoms with Gasteiger partial charge in [-0.2, -0.15) is 0 Å². The van der Waals surface area contributed by atoms with Crippen LogP contribution in [0, 0.1) is 0 Å². The van der Waals surface area contributed by atoms with Crippen molar-refractivity contribution >= 4 is 11.6 Å². The van der Waals surface area contributed by atoms with E-state index >= 15 is 0 Å². The molecular weight excluding hydrogens is 568 g/mol. The molecular formula is C34H48O10. The number of hydrogen-bond donors (Lipinski definition) is 2. The summed E-state index contributed by atoms with van der Waals surface area (Å²) >= 11 is 0. The van der Waals surface area contributed by atoms with Crippen molar-refractivity contribution in [2.24, 2.45) is 0 Å². The summed E-state index contributed by atoms with van der Waals surface area (Å²) in [5.74, 6) is 0.138. The van der Waals surface area contributed by atoms with E-state index in [0.29, 0.717) is 26.4 Å². The van der Waals surface area contributed by atoms with Crippen LogP contribution in [0.25, 0.3) is 0 Å². The molecule has 2 N–H and O–H groups in total. The molecule has 0 fully saturated rings. The molecule has 0 aliphatic heterocycles. The van der Waals surface area contributed by atoms with Crippen molar-refractivity contribution in [3.05, 3.63) is 34.4 Å². The molecule has 1 aliphatic rings. The average molecular weight is 617 g/mol. The molecule has 0 radical (unpaired) electrons. The van der Waals surface area contributed by atoms with Crippen LogP contribution in [-0.4, -0.2) is 74.6 Å². The molecule has 2 aromatic rings. The van der Waals surface area contributed by atoms with Gasteiger partial charge in [0.05, 0.1) is 50.8 Å². The van der Waals surface area contributed by atoms with E-state index in [1.54, 1.807) is 0 Å². The van der Waals surface area contributed by atoms with Gasteiger partial charge in [0.15, 0.2) is 34.6 Å². The average Bonchev–Trinajstić information content (AvgIpc) is 3.02. The van der Waals surface area contributed by atoms with Crippen molar-refractivity contribution in [3.8, 4) is 34.5 Å². The summed E-state index contributed by atoms with van der Waals surface area (Å²) in [7, 11) is 0. The van der Waals surface area contributed by atoms with Crippen molar-refractivity contribution in [3.63, 3.8) is 0 Å². The number of ketones is 2. The fraction of sp³-hybridized carbons (Fsp3) is 0.588. The highest BCUT2D eigenvalue weighted by molar-refractivity contribution is 6.31. The summed E-state index contributed by atoms with van der Waals surface area (Å²) in [6.45, 7) is 8.73. The Balaban J connectivity index is 2.30. The topological polar surface area (TPSA) is 130 Å². The van der Waals surface area contributed by atoms with Gasteiger partial charge >= 0.3 is 0 Å². The van der Waals surface area contributed by atoms with Crippen molar-refractivity contribution in [1.29, 1.82) is 0 Å². The lowest BCUT2D eigenvalue weighted by Crippen LogP contribution is -2.25. The van der Waals surface area contributed by atoms with Gasteiger partial charge in [0.1, 0.15) is 13.2 Å². The highest BCUT2D eigenvalue weighted by Crippen LogP contribution is 2.51. The lowest BCUT2D eigenvalue weighted by molar-refractivity contribution is 0.0965. The molecule has 0 bridgehead atoms. The van der Waals surface area contributed by atoms with Gasteiger partial charge in [-0.05, 0) is 37.8 Å². The van der Waals surface area contributed by atoms with E-state index in [0.717, 1.165) is 51.4 Å². The van der Waals surface area contributed by atoms with E-state index in [2.05, 4.69) is 0 Å². The van der Waals surface area contributed by atoms with E-state index < -0.39 is 11.6 Å². The second-order valence-electron chi connectivity index (χ2n) is 10.5. The first kappa shape index (κ1) is 35.0. The molecule has 0 heterocycles. The summed E-state index contributed by atoms with van der Waals surface area (Å²) in [6, 6.07) is 3.06. The lowest BCUT2D eigenvalue weighted by Gasteiger charge is -2.27. The molecule has 3 rings (SSSR count). The lowest BCUT2D eigenvalue weighted by atomic mass is 9.82. The second kappa shape index (κ2) is 18.3. The third-order valence-electron chi connectivity index (χ3n) is 7.02. The predicted octanol–water partition coefficient (Wildman–Crippen LogP) is 5.92. The van der Waals surface area contributed by atoms with Crippen LogP contribution in [0.2, 0.25) is 0 Å². The van der Waals surface area contributed by atoms with Gasteiger partial charge in [0.25, 0.3) is 0 Å². The molecule has 44 heavy (non-hydrogen) atoms. The number of carbonyl (C=O) groups excluding carboxylic acids is 2. The molecule has 0 amide bonds. The van der Waals surface area contributed by atoms with E-state index in [9.17, 15) is 19.8 Å². The van der Waals surface area contributed by atoms with Crippen molar-refractivity contribution in [2.75, 3.05) is 52.9 Å². The minimum absolute atomic E-state index is 0.0255. The zero-order chi connectivity index (χ0) is 31.9. The van der Waals surface area contributed by atoms with Gasteiger partial charge in [0, 0.05) is 11.1 Å². The largest absolute Gasteiger partial charge is 0.490 e. The number of benzene rings is 2. The van der Waals surface area contributed by atoms with Crippen LogP contribution in [0.5, 0.6) is 34.5 Å². The van der Waals surface area contributed by atoms with E-state index in [4.69, 9.17) is 28.4 Å². The minimum Gasteiger partial charge on any atom is -0.490 e. The Kier molecular flexibility index (Phi) is 14.6. The monoisotopic (exact) mass is 616 g/mol. The first-order chi connectivity index (χ1) is 21.5. The third-order valence-corrected chi connectivity index (χ3v) is 7.02. The molecule has 0 atom stereocenters. The number of aliphatic hydroxyl groups excluding tert-OH is 2. The summed E-state index contributed by atoms with van der Waals surface area (Å²) in [5.41, 5.74) is 0.186. The summed E-state index contributed by atoms with van der Waals surface area (Å²) in [5, 5.41) is 19.2. The molecule has 0 unspecified atom stereocenters. The Hall–Kier alpha value is -3.50. The first-order valence-corrected chi connectivity index (χ1v) is 16.0. The Labute approximate surface area is 260 Å². The van der Waals surface area contributed by atoms with Gasteiger partial charge in [0.2, 0.25) is 11.5 Å². The van der Waals surface area contributed by atoms with Crippen molar-refractivity contribution in [1.82, 2.24) is 0 Å². The number of aliphatic hydroxyl groups is 2. The van der Waals surface area contributed by atoms with E-state index in [1.165, 1.54) is 12.1 Å². The van der Waals surface area contributed by atoms with Crippen LogP contribution >= 0.6 is 0 Å². The molecule has 0 aromatic heterocycles. The van der Waals surface area contributed by atoms with Gasteiger partial charge in [-0.15, -0.1) is 0 Å². The van der Waals surface area contributed by atoms with Crippen LogP contribution in [0.4, 0.5) is 0 Å². The van der Waals surface area contributed by atoms with Crippen molar-refractivity contribution < 1.29 is 48.2 Å². The van der Waals surface area contributed by atoms with Crippen LogP contribution in [-0.2, 0) is 0 Å². The second-order valence-corrected chi connectivity index (χ2v) is 10.5. The fourth-order valence-corrected chi connectivity index (χ4v) is 4.66. The highest BCUT2D eigenvalue weighted by Gasteiger charge is 2.40. The van der Waals surface area contributed by atoms with Gasteiger partial charge in [-0.25, -0.2) is 0 Å². The van der Waals surface area contributed by atoms with Gasteiger partial charge in [-0.3, -0.25) is 9.59 Å². The molecule has 10 nitrogen and oxygen atoms in total. The summed E-state index contributed by atoms with van der Waals surface area (Å²) < 4.78 is 36.3. The smallest absolute Gasteiger partial charge is 0.204 e. The van der Waals surface area contributed by atoms with Gasteiger partial charge in [-0.1, -0.05) is 53.4 Å². The van der Waals surface area contributed by atoms with Crippen LogP contribution < -0.4 is 28.4 Å². The van der Waals surface area contributed by atoms with Crippen LogP contribution in [0.3, 0.4) is 0 Å². The number of carbonyl (C=O) groups is 2. The Bertz CT molecular complexity index is 1140. The molecule has 10 heteroatoms. The maximum absolute atomic E-state index is 14.4. The Morgan fingerprint density at radius 2 is 0.795 bits per heavy atom. The molecule has 0 saturated heterocycles. The maximum Gasteiger partial charge on any atom is 0.204 e. The van der Waals surface area contributed by atoms with E-state index in [-0.39, 0.29) is 83.2 Å². The zero-order valence-corrected chi connectivity index (χ0v) is 26.6. The van der Waals surface area contributed by atoms with Crippen LogP contribution in [0.15, 0.2) is 12.1 Å². The summed E-state index contributed by atoms with van der Waals surface area (Å²) in [6.07, 6.45) is 6.61. The number of unbranched alkanes of at least 4 members (excludes halogenated alkanes) is 4. The number of hydrogen-bond acceptors (Lipinski definition) is 10. The quantitative estimate of drug-likeness (QED) is 0.131. The molecule has 0 spiro atoms. The number of ether oxygens (including phenoxy) is 6. The Morgan fingerprint density at radius 3 is 1.11 bits per heavy atom. The zero-order valence-electron chi connectivity index (χ0n) is 26.6. The maximum atomic E-state index is 14.4. The highest BCUT2D eigenvalue weighted by atomic mass is 16.6. The first-order valence-electron chi connectivity index (χ1n) is 16.0.